The number of hydrogen-bond donors (Lipinski definition) is 1. The van der Waals surface area contributed by atoms with E-state index in [1.165, 1.54) is 12.1 Å². The van der Waals surface area contributed by atoms with Gasteiger partial charge in [0, 0.05) is 17.6 Å². The molecule has 0 saturated carbocycles. The summed E-state index contributed by atoms with van der Waals surface area (Å²) in [6.07, 6.45) is 0. The van der Waals surface area contributed by atoms with Crippen LogP contribution in [0.3, 0.4) is 0 Å². The number of carbonyl (C=O) groups excluding carboxylic acids is 1. The number of ether oxygens (including phenoxy) is 1. The number of amides is 1. The van der Waals surface area contributed by atoms with Crippen LogP contribution in [0.15, 0.2) is 48.5 Å². The first-order valence-corrected chi connectivity index (χ1v) is 8.39. The minimum atomic E-state index is -0.524. The number of carbonyl (C=O) groups is 1. The van der Waals surface area contributed by atoms with E-state index in [2.05, 4.69) is 5.32 Å². The molecule has 8 heteroatoms. The quantitative estimate of drug-likeness (QED) is 0.561. The Morgan fingerprint density at radius 2 is 1.92 bits per heavy atom. The van der Waals surface area contributed by atoms with Crippen LogP contribution in [0.5, 0.6) is 5.75 Å². The second-order valence-electron chi connectivity index (χ2n) is 5.72. The van der Waals surface area contributed by atoms with Crippen LogP contribution < -0.4 is 10.1 Å². The Kier molecular flexibility index (Phi) is 6.94. The average Bonchev–Trinajstić information content (AvgIpc) is 2.62. The van der Waals surface area contributed by atoms with E-state index in [9.17, 15) is 14.9 Å². The third-order valence-electron chi connectivity index (χ3n) is 3.93. The summed E-state index contributed by atoms with van der Waals surface area (Å²) in [5, 5.41) is 14.3. The van der Waals surface area contributed by atoms with Gasteiger partial charge in [-0.05, 0) is 44.3 Å². The van der Waals surface area contributed by atoms with Crippen LogP contribution in [0.1, 0.15) is 6.92 Å². The molecule has 0 saturated heterocycles. The zero-order chi connectivity index (χ0) is 19.1. The number of nitro benzene ring substituents is 1. The van der Waals surface area contributed by atoms with Crippen LogP contribution >= 0.6 is 11.6 Å². The highest BCUT2D eigenvalue weighted by atomic mass is 35.5. The van der Waals surface area contributed by atoms with Crippen molar-refractivity contribution < 1.29 is 14.5 Å². The van der Waals surface area contributed by atoms with Gasteiger partial charge in [-0.15, -0.1) is 0 Å². The van der Waals surface area contributed by atoms with E-state index in [1.807, 2.05) is 0 Å². The first-order chi connectivity index (χ1) is 12.4. The summed E-state index contributed by atoms with van der Waals surface area (Å²) in [6, 6.07) is 12.6. The summed E-state index contributed by atoms with van der Waals surface area (Å²) in [6.45, 7) is 2.63. The number of anilines is 1. The summed E-state index contributed by atoms with van der Waals surface area (Å²) in [5.41, 5.74) is 0.0435. The molecule has 26 heavy (non-hydrogen) atoms. The molecule has 2 aromatic carbocycles. The molecule has 0 fully saturated rings. The number of halogens is 1. The van der Waals surface area contributed by atoms with Crippen molar-refractivity contribution in [3.63, 3.8) is 0 Å². The Morgan fingerprint density at radius 1 is 1.27 bits per heavy atom. The second kappa shape index (κ2) is 9.17. The number of rotatable bonds is 8. The Bertz CT molecular complexity index is 767. The van der Waals surface area contributed by atoms with E-state index in [0.29, 0.717) is 23.9 Å². The van der Waals surface area contributed by atoms with Gasteiger partial charge in [0.25, 0.3) is 5.69 Å². The molecule has 138 valence electrons. The number of nitrogens with zero attached hydrogens (tertiary/aromatic N) is 2. The van der Waals surface area contributed by atoms with Crippen molar-refractivity contribution in [3.8, 4) is 5.75 Å². The molecule has 2 rings (SSSR count). The summed E-state index contributed by atoms with van der Waals surface area (Å²) in [7, 11) is 1.79. The van der Waals surface area contributed by atoms with Crippen molar-refractivity contribution in [1.29, 1.82) is 0 Å². The van der Waals surface area contributed by atoms with Crippen LogP contribution in [0, 0.1) is 10.1 Å². The van der Waals surface area contributed by atoms with Crippen molar-refractivity contribution in [3.05, 3.63) is 63.7 Å². The highest BCUT2D eigenvalue weighted by Gasteiger charge is 2.21. The Morgan fingerprint density at radius 3 is 2.58 bits per heavy atom. The van der Waals surface area contributed by atoms with E-state index in [1.54, 1.807) is 55.3 Å². The van der Waals surface area contributed by atoms with Crippen LogP contribution in [0.4, 0.5) is 11.4 Å². The van der Waals surface area contributed by atoms with Crippen molar-refractivity contribution in [2.75, 3.05) is 25.5 Å². The largest absolute Gasteiger partial charge is 0.492 e. The number of hydrogen-bond acceptors (Lipinski definition) is 5. The molecule has 0 heterocycles. The molecule has 1 amide bonds. The summed E-state index contributed by atoms with van der Waals surface area (Å²) < 4.78 is 5.61. The summed E-state index contributed by atoms with van der Waals surface area (Å²) in [4.78, 5) is 24.7. The van der Waals surface area contributed by atoms with E-state index < -0.39 is 11.0 Å². The standard InChI is InChI=1S/C18H20ClN3O4/c1-13(18(23)20-16-5-3-4-6-17(16)22(24)25)21(2)11-12-26-15-9-7-14(19)8-10-15/h3-10,13H,11-12H2,1-2H3,(H,20,23)/t13-/m0/s1. The lowest BCUT2D eigenvalue weighted by Gasteiger charge is -2.23. The Balaban J connectivity index is 1.87. The minimum absolute atomic E-state index is 0.137. The van der Waals surface area contributed by atoms with Gasteiger partial charge in [0.05, 0.1) is 11.0 Å². The molecular formula is C18H20ClN3O4. The highest BCUT2D eigenvalue weighted by molar-refractivity contribution is 6.30. The minimum Gasteiger partial charge on any atom is -0.492 e. The molecule has 2 aromatic rings. The summed E-state index contributed by atoms with van der Waals surface area (Å²) in [5.74, 6) is 0.369. The maximum Gasteiger partial charge on any atom is 0.292 e. The maximum absolute atomic E-state index is 12.4. The molecule has 0 bridgehead atoms. The first-order valence-electron chi connectivity index (χ1n) is 8.01. The normalized spacial score (nSPS) is 11.8. The van der Waals surface area contributed by atoms with Crippen molar-refractivity contribution in [1.82, 2.24) is 4.90 Å². The van der Waals surface area contributed by atoms with Crippen molar-refractivity contribution in [2.24, 2.45) is 0 Å². The van der Waals surface area contributed by atoms with Gasteiger partial charge in [-0.1, -0.05) is 23.7 Å². The van der Waals surface area contributed by atoms with Crippen LogP contribution in [-0.2, 0) is 4.79 Å². The molecule has 1 atom stereocenters. The molecule has 0 unspecified atom stereocenters. The van der Waals surface area contributed by atoms with Gasteiger partial charge in [0.1, 0.15) is 18.0 Å². The Hall–Kier alpha value is -2.64. The van der Waals surface area contributed by atoms with Crippen molar-refractivity contribution in [2.45, 2.75) is 13.0 Å². The number of benzene rings is 2. The molecule has 0 aromatic heterocycles. The predicted molar refractivity (Wildman–Crippen MR) is 101 cm³/mol. The fourth-order valence-corrected chi connectivity index (χ4v) is 2.33. The van der Waals surface area contributed by atoms with Gasteiger partial charge in [-0.3, -0.25) is 19.8 Å². The molecule has 0 spiro atoms. The maximum atomic E-state index is 12.4. The molecule has 0 aliphatic heterocycles. The zero-order valence-corrected chi connectivity index (χ0v) is 15.3. The van der Waals surface area contributed by atoms with Gasteiger partial charge >= 0.3 is 0 Å². The summed E-state index contributed by atoms with van der Waals surface area (Å²) >= 11 is 5.82. The topological polar surface area (TPSA) is 84.7 Å². The lowest BCUT2D eigenvalue weighted by molar-refractivity contribution is -0.383. The van der Waals surface area contributed by atoms with Crippen LogP contribution in [0.2, 0.25) is 5.02 Å². The molecule has 0 radical (unpaired) electrons. The van der Waals surface area contributed by atoms with Crippen molar-refractivity contribution >= 4 is 28.9 Å². The van der Waals surface area contributed by atoms with Gasteiger partial charge < -0.3 is 10.1 Å². The molecule has 0 aliphatic rings. The number of nitrogens with one attached hydrogen (secondary N) is 1. The molecule has 1 N–H and O–H groups in total. The fraction of sp³-hybridized carbons (Fsp3) is 0.278. The monoisotopic (exact) mass is 377 g/mol. The lowest BCUT2D eigenvalue weighted by Crippen LogP contribution is -2.41. The van der Waals surface area contributed by atoms with Gasteiger partial charge in [-0.2, -0.15) is 0 Å². The van der Waals surface area contributed by atoms with E-state index >= 15 is 0 Å². The van der Waals surface area contributed by atoms with E-state index in [4.69, 9.17) is 16.3 Å². The molecular weight excluding hydrogens is 358 g/mol. The smallest absolute Gasteiger partial charge is 0.292 e. The van der Waals surface area contributed by atoms with E-state index in [-0.39, 0.29) is 17.3 Å². The van der Waals surface area contributed by atoms with Gasteiger partial charge in [0.2, 0.25) is 5.91 Å². The third kappa shape index (κ3) is 5.44. The van der Waals surface area contributed by atoms with Gasteiger partial charge in [0.15, 0.2) is 0 Å². The highest BCUT2D eigenvalue weighted by Crippen LogP contribution is 2.23. The molecule has 7 nitrogen and oxygen atoms in total. The van der Waals surface area contributed by atoms with Crippen LogP contribution in [0.25, 0.3) is 0 Å². The number of para-hydroxylation sites is 2. The SMILES string of the molecule is C[C@@H](C(=O)Nc1ccccc1[N+](=O)[O-])N(C)CCOc1ccc(Cl)cc1. The zero-order valence-electron chi connectivity index (χ0n) is 14.5. The first kappa shape index (κ1) is 19.7. The molecule has 0 aliphatic carbocycles. The number of likely N-dealkylation sites (N-methyl/N-ethyl adjacent to an activating group) is 1. The van der Waals surface area contributed by atoms with Gasteiger partial charge in [-0.25, -0.2) is 0 Å². The fourth-order valence-electron chi connectivity index (χ4n) is 2.21. The van der Waals surface area contributed by atoms with Crippen LogP contribution in [-0.4, -0.2) is 42.0 Å². The third-order valence-corrected chi connectivity index (χ3v) is 4.18. The van der Waals surface area contributed by atoms with E-state index in [0.717, 1.165) is 0 Å². The average molecular weight is 378 g/mol. The predicted octanol–water partition coefficient (Wildman–Crippen LogP) is 3.59. The number of nitro groups is 1. The second-order valence-corrected chi connectivity index (χ2v) is 6.16. The Labute approximate surface area is 156 Å². The lowest BCUT2D eigenvalue weighted by atomic mass is 10.2.